The first-order valence-electron chi connectivity index (χ1n) is 13.4. The van der Waals surface area contributed by atoms with Gasteiger partial charge in [-0.1, -0.05) is 69.3 Å². The Labute approximate surface area is 233 Å². The molecule has 204 valence electrons. The Morgan fingerprint density at radius 1 is 0.925 bits per heavy atom. The van der Waals surface area contributed by atoms with Crippen molar-refractivity contribution in [3.8, 4) is 11.5 Å². The summed E-state index contributed by atoms with van der Waals surface area (Å²) in [5.74, 6) is -0.803. The van der Waals surface area contributed by atoms with Crippen LogP contribution in [0.15, 0.2) is 72.8 Å². The number of ketones is 2. The van der Waals surface area contributed by atoms with Gasteiger partial charge in [-0.05, 0) is 41.5 Å². The smallest absolute Gasteiger partial charge is 0.238 e. The molecule has 0 unspecified atom stereocenters. The van der Waals surface area contributed by atoms with Crippen molar-refractivity contribution in [1.29, 1.82) is 0 Å². The SMILES string of the molecule is COc1ccc(C(=O)[C@@H]2[C@H](C(=O)C(C)(C)C)N3c4ccccc4C=C[C@H]3[C@]23C(=O)Nc2ccccc23)cc1OC. The van der Waals surface area contributed by atoms with E-state index in [-0.39, 0.29) is 17.5 Å². The fourth-order valence-corrected chi connectivity index (χ4v) is 6.73. The summed E-state index contributed by atoms with van der Waals surface area (Å²) in [6.07, 6.45) is 3.98. The molecule has 0 radical (unpaired) electrons. The number of fused-ring (bicyclic) bond motifs is 6. The maximum atomic E-state index is 14.8. The van der Waals surface area contributed by atoms with Gasteiger partial charge in [0.15, 0.2) is 23.1 Å². The minimum absolute atomic E-state index is 0.101. The van der Waals surface area contributed by atoms with Crippen molar-refractivity contribution in [3.05, 3.63) is 89.5 Å². The van der Waals surface area contributed by atoms with Crippen molar-refractivity contribution in [2.45, 2.75) is 38.3 Å². The van der Waals surface area contributed by atoms with Gasteiger partial charge in [0.25, 0.3) is 0 Å². The number of ether oxygens (including phenoxy) is 2. The third kappa shape index (κ3) is 3.46. The van der Waals surface area contributed by atoms with Crippen LogP contribution >= 0.6 is 0 Å². The minimum Gasteiger partial charge on any atom is -0.493 e. The summed E-state index contributed by atoms with van der Waals surface area (Å²) in [4.78, 5) is 45.7. The summed E-state index contributed by atoms with van der Waals surface area (Å²) in [6.45, 7) is 5.59. The Bertz CT molecular complexity index is 1590. The number of rotatable bonds is 5. The molecule has 3 aliphatic heterocycles. The van der Waals surface area contributed by atoms with Gasteiger partial charge < -0.3 is 19.7 Å². The first kappa shape index (κ1) is 25.9. The van der Waals surface area contributed by atoms with Gasteiger partial charge in [-0.3, -0.25) is 14.4 Å². The highest BCUT2D eigenvalue weighted by atomic mass is 16.5. The molecule has 0 aromatic heterocycles. The lowest BCUT2D eigenvalue weighted by molar-refractivity contribution is -0.128. The Kier molecular flexibility index (Phi) is 5.87. The van der Waals surface area contributed by atoms with Gasteiger partial charge in [0, 0.05) is 22.4 Å². The molecule has 1 N–H and O–H groups in total. The van der Waals surface area contributed by atoms with Crippen LogP contribution in [0.5, 0.6) is 11.5 Å². The zero-order valence-corrected chi connectivity index (χ0v) is 23.2. The van der Waals surface area contributed by atoms with Crippen molar-refractivity contribution in [1.82, 2.24) is 0 Å². The number of para-hydroxylation sites is 2. The number of benzene rings is 3. The number of hydrogen-bond donors (Lipinski definition) is 1. The maximum absolute atomic E-state index is 14.8. The number of carbonyl (C=O) groups is 3. The summed E-state index contributed by atoms with van der Waals surface area (Å²) in [6, 6.07) is 18.8. The molecule has 1 saturated heterocycles. The summed E-state index contributed by atoms with van der Waals surface area (Å²) < 4.78 is 10.9. The number of hydrogen-bond acceptors (Lipinski definition) is 6. The van der Waals surface area contributed by atoms with Crippen molar-refractivity contribution in [2.24, 2.45) is 11.3 Å². The van der Waals surface area contributed by atoms with Crippen LogP contribution in [0.1, 0.15) is 42.3 Å². The van der Waals surface area contributed by atoms with Gasteiger partial charge in [0.05, 0.1) is 26.2 Å². The zero-order chi connectivity index (χ0) is 28.4. The number of Topliss-reactive ketones (excluding diaryl/α,β-unsaturated/α-hetero) is 2. The molecule has 0 bridgehead atoms. The van der Waals surface area contributed by atoms with Crippen LogP contribution in [-0.2, 0) is 15.0 Å². The van der Waals surface area contributed by atoms with Crippen LogP contribution in [0.3, 0.4) is 0 Å². The Morgan fingerprint density at radius 3 is 2.35 bits per heavy atom. The first-order valence-corrected chi connectivity index (χ1v) is 13.4. The van der Waals surface area contributed by atoms with Crippen LogP contribution in [0, 0.1) is 11.3 Å². The van der Waals surface area contributed by atoms with Gasteiger partial charge in [0.2, 0.25) is 5.91 Å². The molecule has 3 aromatic carbocycles. The predicted octanol–water partition coefficient (Wildman–Crippen LogP) is 5.29. The fourth-order valence-electron chi connectivity index (χ4n) is 6.73. The van der Waals surface area contributed by atoms with Gasteiger partial charge >= 0.3 is 0 Å². The van der Waals surface area contributed by atoms with E-state index in [0.717, 1.165) is 16.8 Å². The number of carbonyl (C=O) groups excluding carboxylic acids is 3. The Morgan fingerprint density at radius 2 is 1.62 bits per heavy atom. The van der Waals surface area contributed by atoms with Gasteiger partial charge in [-0.2, -0.15) is 0 Å². The molecule has 1 fully saturated rings. The minimum atomic E-state index is -1.34. The maximum Gasteiger partial charge on any atom is 0.238 e. The molecule has 1 spiro atoms. The number of amides is 1. The lowest BCUT2D eigenvalue weighted by atomic mass is 9.63. The number of nitrogens with one attached hydrogen (secondary N) is 1. The Hall–Kier alpha value is -4.39. The van der Waals surface area contributed by atoms with E-state index in [0.29, 0.717) is 22.7 Å². The second-order valence-corrected chi connectivity index (χ2v) is 11.6. The standard InChI is InChI=1S/C33H32N2O5/c1-32(2,3)30(37)28-27(29(36)20-14-16-24(39-4)25(18-20)40-5)33(21-11-7-8-12-22(21)34-31(33)38)26-17-15-19-10-6-9-13-23(19)35(26)28/h6-18,26-28H,1-5H3,(H,34,38)/t26-,27-,28+,33-/m0/s1. The molecule has 7 nitrogen and oxygen atoms in total. The van der Waals surface area contributed by atoms with Gasteiger partial charge in [-0.15, -0.1) is 0 Å². The molecule has 4 atom stereocenters. The molecule has 0 saturated carbocycles. The van der Waals surface area contributed by atoms with E-state index >= 15 is 0 Å². The van der Waals surface area contributed by atoms with E-state index < -0.39 is 28.8 Å². The lowest BCUT2D eigenvalue weighted by Crippen LogP contribution is -2.51. The quantitative estimate of drug-likeness (QED) is 0.446. The van der Waals surface area contributed by atoms with Crippen molar-refractivity contribution >= 4 is 34.9 Å². The van der Waals surface area contributed by atoms with E-state index in [4.69, 9.17) is 9.47 Å². The average Bonchev–Trinajstić information content (AvgIpc) is 3.43. The molecule has 1 amide bonds. The summed E-state index contributed by atoms with van der Waals surface area (Å²) in [5, 5.41) is 3.05. The molecule has 3 heterocycles. The molecule has 0 aliphatic carbocycles. The zero-order valence-electron chi connectivity index (χ0n) is 23.2. The molecule has 7 heteroatoms. The second-order valence-electron chi connectivity index (χ2n) is 11.6. The third-order valence-electron chi connectivity index (χ3n) is 8.50. The first-order chi connectivity index (χ1) is 19.1. The molecule has 3 aliphatic rings. The second kappa shape index (κ2) is 9.08. The molecule has 40 heavy (non-hydrogen) atoms. The largest absolute Gasteiger partial charge is 0.493 e. The summed E-state index contributed by atoms with van der Waals surface area (Å²) in [7, 11) is 3.04. The monoisotopic (exact) mass is 536 g/mol. The van der Waals surface area contributed by atoms with Crippen LogP contribution in [-0.4, -0.2) is 43.8 Å². The predicted molar refractivity (Wildman–Crippen MR) is 154 cm³/mol. The van der Waals surface area contributed by atoms with Gasteiger partial charge in [0.1, 0.15) is 11.5 Å². The van der Waals surface area contributed by atoms with Crippen LogP contribution in [0.4, 0.5) is 11.4 Å². The highest BCUT2D eigenvalue weighted by Crippen LogP contribution is 2.58. The molecular weight excluding hydrogens is 504 g/mol. The van der Waals surface area contributed by atoms with E-state index in [1.165, 1.54) is 14.2 Å². The highest BCUT2D eigenvalue weighted by molar-refractivity contribution is 6.17. The van der Waals surface area contributed by atoms with Crippen molar-refractivity contribution < 1.29 is 23.9 Å². The fraction of sp³-hybridized carbons (Fsp3) is 0.303. The normalized spacial score (nSPS) is 24.3. The van der Waals surface area contributed by atoms with E-state index in [9.17, 15) is 14.4 Å². The molecule has 6 rings (SSSR count). The van der Waals surface area contributed by atoms with Crippen LogP contribution in [0.25, 0.3) is 6.08 Å². The third-order valence-corrected chi connectivity index (χ3v) is 8.50. The lowest BCUT2D eigenvalue weighted by Gasteiger charge is -2.38. The highest BCUT2D eigenvalue weighted by Gasteiger charge is 2.70. The van der Waals surface area contributed by atoms with Gasteiger partial charge in [-0.25, -0.2) is 0 Å². The van der Waals surface area contributed by atoms with Crippen molar-refractivity contribution in [2.75, 3.05) is 24.4 Å². The molecular formula is C33H32N2O5. The average molecular weight is 537 g/mol. The number of anilines is 2. The number of nitrogens with zero attached hydrogens (tertiary/aromatic N) is 1. The van der Waals surface area contributed by atoms with E-state index in [2.05, 4.69) is 5.32 Å². The summed E-state index contributed by atoms with van der Waals surface area (Å²) >= 11 is 0. The van der Waals surface area contributed by atoms with E-state index in [1.807, 2.05) is 86.4 Å². The van der Waals surface area contributed by atoms with E-state index in [1.54, 1.807) is 18.2 Å². The summed E-state index contributed by atoms with van der Waals surface area (Å²) in [5.41, 5.74) is 1.39. The van der Waals surface area contributed by atoms with Crippen LogP contribution < -0.4 is 19.7 Å². The van der Waals surface area contributed by atoms with Crippen LogP contribution in [0.2, 0.25) is 0 Å². The Balaban J connectivity index is 1.66. The number of methoxy groups -OCH3 is 2. The topological polar surface area (TPSA) is 84.9 Å². The van der Waals surface area contributed by atoms with Crippen molar-refractivity contribution in [3.63, 3.8) is 0 Å². The molecule has 3 aromatic rings.